The van der Waals surface area contributed by atoms with E-state index in [9.17, 15) is 53.3 Å². The van der Waals surface area contributed by atoms with Crippen molar-refractivity contribution in [2.75, 3.05) is 42.7 Å². The van der Waals surface area contributed by atoms with Crippen LogP contribution in [0.2, 0.25) is 0 Å². The van der Waals surface area contributed by atoms with E-state index in [0.29, 0.717) is 66.2 Å². The fourth-order valence-corrected chi connectivity index (χ4v) is 12.0. The van der Waals surface area contributed by atoms with Crippen molar-refractivity contribution in [3.8, 4) is 0 Å². The Labute approximate surface area is 419 Å². The van der Waals surface area contributed by atoms with E-state index in [1.165, 1.54) is 30.3 Å². The maximum Gasteiger partial charge on any atom is 0.333 e. The summed E-state index contributed by atoms with van der Waals surface area (Å²) in [7, 11) is -9.56. The van der Waals surface area contributed by atoms with Gasteiger partial charge in [-0.25, -0.2) is 4.79 Å². The van der Waals surface area contributed by atoms with E-state index in [2.05, 4.69) is 10.7 Å². The summed E-state index contributed by atoms with van der Waals surface area (Å²) in [4.78, 5) is 46.6. The van der Waals surface area contributed by atoms with E-state index in [0.717, 1.165) is 44.5 Å². The quantitative estimate of drug-likeness (QED) is 0.0473. The molecule has 17 nitrogen and oxygen atoms in total. The number of carbonyl (C=O) groups is 3. The zero-order valence-corrected chi connectivity index (χ0v) is 43.7. The second kappa shape index (κ2) is 20.6. The van der Waals surface area contributed by atoms with Gasteiger partial charge in [-0.3, -0.25) is 23.2 Å². The zero-order valence-electron chi connectivity index (χ0n) is 40.4. The standard InChI is InChI=1S/C50H58N4O13S4/c1-49(2)39-31-37(70(61,62)63)20-22-41(39)52(28-9-7-8-13-47(57)67-54-45(55)26-27-46(54)56)43(49)24-14-33-11-10-12-34(48(33)68-36-18-16-35(17-19-36)51(5)6)15-25-44-50(3,4)40-32-38(71(64,65)66)21-23-42(40)53(44)29-30-69(58,59)60/h14-25,31-32H,7-13,26-30H2,1-6H3,(H2-,58,59,60,61,62,63,64,65,66)/p+1. The SMILES string of the molecule is CN(C)c1ccc(SC2=C(/C=C/C3=[N+](CCCCCC(=O)ON4C(=O)CCC4=O)c4ccc(S(=O)(=O)O)cc4C3(C)C)CCC/C2=C\C=C2\N(CCS(=O)(=O)O)c3ccc(S(=O)(=O)O)cc3C2(C)C)cc1. The average Bonchev–Trinajstić information content (AvgIpc) is 3.80. The molecule has 0 aromatic heterocycles. The summed E-state index contributed by atoms with van der Waals surface area (Å²) in [6.07, 6.45) is 11.8. The minimum atomic E-state index is -4.56. The molecule has 7 rings (SSSR count). The van der Waals surface area contributed by atoms with Crippen LogP contribution in [0.1, 0.15) is 96.6 Å². The zero-order chi connectivity index (χ0) is 51.8. The molecule has 21 heteroatoms. The van der Waals surface area contributed by atoms with E-state index in [4.69, 9.17) is 4.84 Å². The van der Waals surface area contributed by atoms with E-state index < -0.39 is 64.7 Å². The molecule has 1 aliphatic carbocycles. The van der Waals surface area contributed by atoms with E-state index in [1.807, 2.05) is 89.2 Å². The van der Waals surface area contributed by atoms with Crippen molar-refractivity contribution in [1.82, 2.24) is 5.06 Å². The Balaban J connectivity index is 1.27. The van der Waals surface area contributed by atoms with Crippen LogP contribution < -0.4 is 9.80 Å². The lowest BCUT2D eigenvalue weighted by molar-refractivity contribution is -0.438. The molecule has 3 heterocycles. The molecule has 1 fully saturated rings. The number of allylic oxidation sites excluding steroid dienone is 7. The first-order valence-electron chi connectivity index (χ1n) is 23.1. The van der Waals surface area contributed by atoms with Crippen molar-refractivity contribution in [2.24, 2.45) is 0 Å². The summed E-state index contributed by atoms with van der Waals surface area (Å²) < 4.78 is 105. The molecule has 0 spiro atoms. The Morgan fingerprint density at radius 2 is 1.41 bits per heavy atom. The molecule has 0 bridgehead atoms. The van der Waals surface area contributed by atoms with Crippen LogP contribution >= 0.6 is 11.8 Å². The number of hydroxylamine groups is 2. The van der Waals surface area contributed by atoms with E-state index >= 15 is 0 Å². The predicted octanol–water partition coefficient (Wildman–Crippen LogP) is 8.07. The smallest absolute Gasteiger partial charge is 0.333 e. The van der Waals surface area contributed by atoms with Crippen molar-refractivity contribution in [1.29, 1.82) is 0 Å². The number of fused-ring (bicyclic) bond motifs is 2. The number of thioether (sulfide) groups is 1. The molecule has 0 radical (unpaired) electrons. The lowest BCUT2D eigenvalue weighted by Crippen LogP contribution is -2.31. The number of nitrogens with zero attached hydrogens (tertiary/aromatic N) is 4. The van der Waals surface area contributed by atoms with Gasteiger partial charge in [0.1, 0.15) is 6.54 Å². The first-order valence-corrected chi connectivity index (χ1v) is 28.4. The normalized spacial score (nSPS) is 19.2. The van der Waals surface area contributed by atoms with E-state index in [1.54, 1.807) is 22.7 Å². The summed E-state index contributed by atoms with van der Waals surface area (Å²) in [6, 6.07) is 16.9. The van der Waals surface area contributed by atoms with Gasteiger partial charge in [-0.1, -0.05) is 37.8 Å². The summed E-state index contributed by atoms with van der Waals surface area (Å²) >= 11 is 1.59. The lowest BCUT2D eigenvalue weighted by Gasteiger charge is -2.27. The highest BCUT2D eigenvalue weighted by Gasteiger charge is 2.45. The van der Waals surface area contributed by atoms with Crippen molar-refractivity contribution < 1.29 is 62.7 Å². The van der Waals surface area contributed by atoms with Gasteiger partial charge in [0.15, 0.2) is 5.71 Å². The van der Waals surface area contributed by atoms with Crippen LogP contribution in [0.25, 0.3) is 0 Å². The maximum atomic E-state index is 12.5. The number of hydrogen-bond acceptors (Lipinski definition) is 13. The highest BCUT2D eigenvalue weighted by atomic mass is 32.2. The molecule has 0 unspecified atom stereocenters. The third-order valence-corrected chi connectivity index (χ3v) is 16.9. The number of amides is 2. The van der Waals surface area contributed by atoms with Gasteiger partial charge in [-0.2, -0.15) is 29.8 Å². The number of carbonyl (C=O) groups excluding carboxylic acids is 3. The van der Waals surface area contributed by atoms with Gasteiger partial charge in [-0.05, 0) is 123 Å². The summed E-state index contributed by atoms with van der Waals surface area (Å²) in [5.74, 6) is -2.37. The number of hydrogen-bond donors (Lipinski definition) is 3. The van der Waals surface area contributed by atoms with Crippen molar-refractivity contribution in [3.63, 3.8) is 0 Å². The molecule has 4 aliphatic rings. The third-order valence-electron chi connectivity index (χ3n) is 13.3. The molecule has 2 amide bonds. The topological polar surface area (TPSA) is 236 Å². The van der Waals surface area contributed by atoms with E-state index in [-0.39, 0.29) is 35.6 Å². The predicted molar refractivity (Wildman–Crippen MR) is 271 cm³/mol. The number of benzene rings is 3. The van der Waals surface area contributed by atoms with Crippen LogP contribution in [0.5, 0.6) is 0 Å². The van der Waals surface area contributed by atoms with Crippen LogP contribution in [0.15, 0.2) is 121 Å². The molecular weight excluding hydrogens is 993 g/mol. The minimum Gasteiger partial charge on any atom is -0.378 e. The van der Waals surface area contributed by atoms with Gasteiger partial charge >= 0.3 is 5.97 Å². The molecule has 3 N–H and O–H groups in total. The molecular formula is C50H59N4O13S4+. The maximum absolute atomic E-state index is 12.5. The highest BCUT2D eigenvalue weighted by molar-refractivity contribution is 8.03. The Bertz CT molecular complexity index is 3150. The molecule has 3 aromatic carbocycles. The summed E-state index contributed by atoms with van der Waals surface area (Å²) in [5.41, 5.74) is 5.44. The number of unbranched alkanes of at least 4 members (excludes halogenated alkanes) is 2. The van der Waals surface area contributed by atoms with Gasteiger partial charge in [-0.15, -0.1) is 5.06 Å². The molecule has 71 heavy (non-hydrogen) atoms. The van der Waals surface area contributed by atoms with Crippen molar-refractivity contribution in [3.05, 3.63) is 118 Å². The monoisotopic (exact) mass is 1050 g/mol. The minimum absolute atomic E-state index is 0.000527. The van der Waals surface area contributed by atoms with Crippen molar-refractivity contribution >= 4 is 82.7 Å². The fourth-order valence-electron chi connectivity index (χ4n) is 9.48. The molecule has 3 aromatic rings. The van der Waals surface area contributed by atoms with Crippen LogP contribution in [-0.4, -0.2) is 105 Å². The Kier molecular flexibility index (Phi) is 15.5. The average molecular weight is 1050 g/mol. The molecule has 0 atom stereocenters. The molecule has 1 saturated heterocycles. The number of rotatable bonds is 18. The highest BCUT2D eigenvalue weighted by Crippen LogP contribution is 2.49. The number of anilines is 2. The summed E-state index contributed by atoms with van der Waals surface area (Å²) in [6.45, 7) is 8.08. The first-order chi connectivity index (χ1) is 33.2. The van der Waals surface area contributed by atoms with Crippen LogP contribution in [0.4, 0.5) is 17.1 Å². The largest absolute Gasteiger partial charge is 0.378 e. The van der Waals surface area contributed by atoms with Gasteiger partial charge in [0.05, 0.1) is 21.0 Å². The third kappa shape index (κ3) is 11.9. The Hall–Kier alpha value is -5.42. The van der Waals surface area contributed by atoms with Crippen LogP contribution in [-0.2, 0) is 60.4 Å². The summed E-state index contributed by atoms with van der Waals surface area (Å²) in [5, 5.41) is 0.536. The Morgan fingerprint density at radius 3 is 2.03 bits per heavy atom. The molecule has 3 aliphatic heterocycles. The van der Waals surface area contributed by atoms with Gasteiger partial charge in [0.25, 0.3) is 42.2 Å². The lowest BCUT2D eigenvalue weighted by atomic mass is 9.81. The first kappa shape index (κ1) is 53.4. The van der Waals surface area contributed by atoms with Crippen molar-refractivity contribution in [2.45, 2.75) is 111 Å². The Morgan fingerprint density at radius 1 is 0.775 bits per heavy atom. The fraction of sp³-hybridized carbons (Fsp3) is 0.400. The van der Waals surface area contributed by atoms with Crippen LogP contribution in [0, 0.1) is 0 Å². The van der Waals surface area contributed by atoms with Crippen LogP contribution in [0.3, 0.4) is 0 Å². The second-order valence-corrected chi connectivity index (χ2v) is 24.7. The molecule has 0 saturated carbocycles. The second-order valence-electron chi connectivity index (χ2n) is 19.2. The number of imide groups is 1. The van der Waals surface area contributed by atoms with Gasteiger partial charge in [0, 0.05) is 96.3 Å². The van der Waals surface area contributed by atoms with Gasteiger partial charge < -0.3 is 14.6 Å². The van der Waals surface area contributed by atoms with Gasteiger partial charge in [0.2, 0.25) is 5.69 Å². The molecule has 380 valence electrons.